The average molecular weight is 287 g/mol. The Hall–Kier alpha value is -1.99. The second-order valence-electron chi connectivity index (χ2n) is 4.75. The molecule has 0 aliphatic carbocycles. The Morgan fingerprint density at radius 2 is 1.55 bits per heavy atom. The molecule has 2 aromatic rings. The fraction of sp³-hybridized carbons (Fsp3) is 0.188. The van der Waals surface area contributed by atoms with E-state index >= 15 is 0 Å². The molecule has 0 saturated heterocycles. The number of hydrogen-bond acceptors (Lipinski definition) is 3. The summed E-state index contributed by atoms with van der Waals surface area (Å²) in [5.74, 6) is -0.537. The summed E-state index contributed by atoms with van der Waals surface area (Å²) in [6.07, 6.45) is 0. The molecule has 3 nitrogen and oxygen atoms in total. The van der Waals surface area contributed by atoms with Crippen molar-refractivity contribution in [1.29, 1.82) is 0 Å². The minimum absolute atomic E-state index is 0.495. The smallest absolute Gasteiger partial charge is 0.241 e. The summed E-state index contributed by atoms with van der Waals surface area (Å²) >= 11 is 0. The molecule has 0 fully saturated rings. The van der Waals surface area contributed by atoms with Gasteiger partial charge in [-0.15, -0.1) is 0 Å². The second-order valence-corrected chi connectivity index (χ2v) is 5.96. The highest BCUT2D eigenvalue weighted by Gasteiger charge is 2.29. The molecule has 0 bridgehead atoms. The van der Waals surface area contributed by atoms with E-state index < -0.39 is 14.0 Å². The number of rotatable bonds is 3. The summed E-state index contributed by atoms with van der Waals surface area (Å²) < 4.78 is 17.1. The van der Waals surface area contributed by atoms with Gasteiger partial charge in [0.25, 0.3) is 0 Å². The zero-order valence-electron chi connectivity index (χ0n) is 11.7. The molecule has 0 radical (unpaired) electrons. The molecule has 0 spiro atoms. The molecule has 0 heterocycles. The maximum atomic E-state index is 12.2. The Kier molecular flexibility index (Phi) is 4.31. The molecule has 2 aromatic carbocycles. The van der Waals surface area contributed by atoms with E-state index in [1.54, 1.807) is 24.3 Å². The van der Waals surface area contributed by atoms with Crippen LogP contribution < -0.4 is 5.30 Å². The molecule has 102 valence electrons. The monoisotopic (exact) mass is 287 g/mol. The van der Waals surface area contributed by atoms with Crippen LogP contribution in [0.3, 0.4) is 0 Å². The van der Waals surface area contributed by atoms with Crippen LogP contribution in [0, 0.1) is 20.8 Å². The van der Waals surface area contributed by atoms with E-state index in [-0.39, 0.29) is 0 Å². The van der Waals surface area contributed by atoms with Crippen LogP contribution >= 0.6 is 8.03 Å². The molecule has 20 heavy (non-hydrogen) atoms. The van der Waals surface area contributed by atoms with Crippen molar-refractivity contribution in [3.05, 3.63) is 64.7 Å². The van der Waals surface area contributed by atoms with E-state index in [2.05, 4.69) is 0 Å². The van der Waals surface area contributed by atoms with E-state index in [0.29, 0.717) is 10.9 Å². The van der Waals surface area contributed by atoms with Crippen molar-refractivity contribution in [2.75, 3.05) is 0 Å². The highest BCUT2D eigenvalue weighted by molar-refractivity contribution is 7.49. The maximum Gasteiger partial charge on any atom is 0.600 e. The zero-order valence-corrected chi connectivity index (χ0v) is 12.6. The molecular weight excluding hydrogens is 271 g/mol. The van der Waals surface area contributed by atoms with Crippen LogP contribution in [0.15, 0.2) is 42.5 Å². The first kappa shape index (κ1) is 14.4. The maximum absolute atomic E-state index is 12.2. The number of aryl methyl sites for hydroxylation is 3. The van der Waals surface area contributed by atoms with Crippen LogP contribution in [-0.4, -0.2) is 5.97 Å². The van der Waals surface area contributed by atoms with Gasteiger partial charge in [0.1, 0.15) is 0 Å². The van der Waals surface area contributed by atoms with Crippen molar-refractivity contribution in [2.45, 2.75) is 20.8 Å². The van der Waals surface area contributed by atoms with Crippen LogP contribution in [-0.2, 0) is 9.09 Å². The van der Waals surface area contributed by atoms with E-state index in [1.807, 2.05) is 39.0 Å². The predicted octanol–water partition coefficient (Wildman–Crippen LogP) is 3.84. The standard InChI is InChI=1S/C16H16O3P/c1-11-9-12(2)15(13(3)10-11)16(17)19-20(18)14-7-5-4-6-8-14/h4-10H,1-3H3/q+1. The SMILES string of the molecule is Cc1cc(C)c(C(=O)O[P+](=O)c2ccccc2)c(C)c1. The minimum atomic E-state index is -2.17. The molecule has 0 aliphatic heterocycles. The van der Waals surface area contributed by atoms with E-state index in [4.69, 9.17) is 4.52 Å². The van der Waals surface area contributed by atoms with Gasteiger partial charge in [0, 0.05) is 0 Å². The van der Waals surface area contributed by atoms with Gasteiger partial charge in [-0.2, -0.15) is 0 Å². The lowest BCUT2D eigenvalue weighted by atomic mass is 10.0. The van der Waals surface area contributed by atoms with Gasteiger partial charge in [-0.05, 0) is 48.6 Å². The fourth-order valence-corrected chi connectivity index (χ4v) is 2.99. The van der Waals surface area contributed by atoms with Crippen LogP contribution in [0.2, 0.25) is 0 Å². The van der Waals surface area contributed by atoms with Gasteiger partial charge in [0.15, 0.2) is 0 Å². The third-order valence-electron chi connectivity index (χ3n) is 3.01. The van der Waals surface area contributed by atoms with Crippen molar-refractivity contribution < 1.29 is 13.9 Å². The average Bonchev–Trinajstić information content (AvgIpc) is 2.38. The summed E-state index contributed by atoms with van der Waals surface area (Å²) in [5, 5.41) is 0.512. The van der Waals surface area contributed by atoms with Gasteiger partial charge >= 0.3 is 14.0 Å². The molecular formula is C16H16O3P+. The van der Waals surface area contributed by atoms with Crippen molar-refractivity contribution in [3.8, 4) is 0 Å². The highest BCUT2D eigenvalue weighted by Crippen LogP contribution is 2.26. The second kappa shape index (κ2) is 5.98. The van der Waals surface area contributed by atoms with Gasteiger partial charge in [0.2, 0.25) is 5.30 Å². The summed E-state index contributed by atoms with van der Waals surface area (Å²) in [4.78, 5) is 12.2. The fourth-order valence-electron chi connectivity index (χ4n) is 2.23. The minimum Gasteiger partial charge on any atom is -0.241 e. The van der Waals surface area contributed by atoms with Gasteiger partial charge in [0.05, 0.1) is 5.56 Å². The molecule has 4 heteroatoms. The number of benzene rings is 2. The first-order valence-electron chi connectivity index (χ1n) is 6.31. The molecule has 0 N–H and O–H groups in total. The van der Waals surface area contributed by atoms with E-state index in [9.17, 15) is 9.36 Å². The topological polar surface area (TPSA) is 43.4 Å². The Bertz CT molecular complexity index is 640. The Labute approximate surface area is 119 Å². The summed E-state index contributed by atoms with van der Waals surface area (Å²) in [5.41, 5.74) is 3.26. The number of hydrogen-bond donors (Lipinski definition) is 0. The normalized spacial score (nSPS) is 11.1. The van der Waals surface area contributed by atoms with Gasteiger partial charge in [-0.25, -0.2) is 9.32 Å². The third-order valence-corrected chi connectivity index (χ3v) is 4.07. The number of carbonyl (C=O) groups is 1. The molecule has 0 aliphatic rings. The zero-order chi connectivity index (χ0) is 14.7. The van der Waals surface area contributed by atoms with Crippen molar-refractivity contribution in [1.82, 2.24) is 0 Å². The Balaban J connectivity index is 2.24. The molecule has 1 unspecified atom stereocenters. The third kappa shape index (κ3) is 3.12. The quantitative estimate of drug-likeness (QED) is 0.806. The lowest BCUT2D eigenvalue weighted by Crippen LogP contribution is -2.08. The molecule has 0 amide bonds. The molecule has 2 rings (SSSR count). The highest BCUT2D eigenvalue weighted by atomic mass is 31.1. The van der Waals surface area contributed by atoms with Crippen molar-refractivity contribution in [2.24, 2.45) is 0 Å². The van der Waals surface area contributed by atoms with Gasteiger partial charge in [-0.3, -0.25) is 0 Å². The van der Waals surface area contributed by atoms with E-state index in [0.717, 1.165) is 16.7 Å². The largest absolute Gasteiger partial charge is 0.600 e. The van der Waals surface area contributed by atoms with Crippen molar-refractivity contribution in [3.63, 3.8) is 0 Å². The van der Waals surface area contributed by atoms with Crippen molar-refractivity contribution >= 4 is 19.3 Å². The first-order chi connectivity index (χ1) is 9.49. The van der Waals surface area contributed by atoms with E-state index in [1.165, 1.54) is 0 Å². The van der Waals surface area contributed by atoms with Crippen LogP contribution in [0.1, 0.15) is 27.0 Å². The Morgan fingerprint density at radius 1 is 1.00 bits per heavy atom. The Morgan fingerprint density at radius 3 is 2.10 bits per heavy atom. The molecule has 1 atom stereocenters. The van der Waals surface area contributed by atoms with Crippen LogP contribution in [0.25, 0.3) is 0 Å². The number of carbonyl (C=O) groups excluding carboxylic acids is 1. The lowest BCUT2D eigenvalue weighted by molar-refractivity contribution is 0.0750. The van der Waals surface area contributed by atoms with Gasteiger partial charge < -0.3 is 0 Å². The van der Waals surface area contributed by atoms with Crippen LogP contribution in [0.4, 0.5) is 0 Å². The summed E-state index contributed by atoms with van der Waals surface area (Å²) in [7, 11) is -2.17. The molecule has 0 aromatic heterocycles. The molecule has 0 saturated carbocycles. The summed E-state index contributed by atoms with van der Waals surface area (Å²) in [6, 6.07) is 12.5. The lowest BCUT2D eigenvalue weighted by Gasteiger charge is -2.06. The summed E-state index contributed by atoms with van der Waals surface area (Å²) in [6.45, 7) is 5.68. The first-order valence-corrected chi connectivity index (χ1v) is 7.49. The van der Waals surface area contributed by atoms with Crippen LogP contribution in [0.5, 0.6) is 0 Å². The predicted molar refractivity (Wildman–Crippen MR) is 79.8 cm³/mol. The van der Waals surface area contributed by atoms with Gasteiger partial charge in [-0.1, -0.05) is 35.9 Å².